The third-order valence-electron chi connectivity index (χ3n) is 2.83. The number of pyridine rings is 1. The molecule has 0 aliphatic heterocycles. The van der Waals surface area contributed by atoms with Crippen LogP contribution in [-0.2, 0) is 23.6 Å². The van der Waals surface area contributed by atoms with Crippen molar-refractivity contribution < 1.29 is 8.42 Å². The summed E-state index contributed by atoms with van der Waals surface area (Å²) in [6.07, 6.45) is 3.82. The summed E-state index contributed by atoms with van der Waals surface area (Å²) in [5.41, 5.74) is 0. The first kappa shape index (κ1) is 15.4. The van der Waals surface area contributed by atoms with Crippen LogP contribution in [0.3, 0.4) is 0 Å². The minimum absolute atomic E-state index is 0.0780. The fourth-order valence-corrected chi connectivity index (χ4v) is 2.53. The summed E-state index contributed by atoms with van der Waals surface area (Å²) in [7, 11) is -1.86. The van der Waals surface area contributed by atoms with Crippen LogP contribution in [0.5, 0.6) is 0 Å². The lowest BCUT2D eigenvalue weighted by Crippen LogP contribution is -2.25. The molecule has 0 saturated carbocycles. The Bertz CT molecular complexity index is 680. The summed E-state index contributed by atoms with van der Waals surface area (Å²) in [5, 5.41) is 10.6. The van der Waals surface area contributed by atoms with Crippen LogP contribution >= 0.6 is 0 Å². The second-order valence-corrected chi connectivity index (χ2v) is 6.26. The Hall–Kier alpha value is -2.00. The van der Waals surface area contributed by atoms with Crippen molar-refractivity contribution in [3.8, 4) is 0 Å². The van der Waals surface area contributed by atoms with Gasteiger partial charge in [0.1, 0.15) is 22.9 Å². The van der Waals surface area contributed by atoms with Gasteiger partial charge in [0.2, 0.25) is 10.0 Å². The molecule has 0 aliphatic rings. The number of hydrogen-bond donors (Lipinski definition) is 2. The highest BCUT2D eigenvalue weighted by atomic mass is 32.2. The van der Waals surface area contributed by atoms with E-state index in [4.69, 9.17) is 0 Å². The van der Waals surface area contributed by atoms with Gasteiger partial charge >= 0.3 is 0 Å². The number of hydrogen-bond acceptors (Lipinski definition) is 6. The van der Waals surface area contributed by atoms with E-state index in [1.807, 2.05) is 6.92 Å². The van der Waals surface area contributed by atoms with Crippen molar-refractivity contribution in [1.82, 2.24) is 24.5 Å². The van der Waals surface area contributed by atoms with Crippen LogP contribution in [0.1, 0.15) is 19.2 Å². The molecule has 0 atom stereocenters. The Kier molecular flexibility index (Phi) is 4.86. The number of sulfonamides is 1. The van der Waals surface area contributed by atoms with Gasteiger partial charge in [0.05, 0.1) is 6.54 Å². The van der Waals surface area contributed by atoms with Crippen molar-refractivity contribution >= 4 is 15.8 Å². The highest BCUT2D eigenvalue weighted by Crippen LogP contribution is 2.11. The summed E-state index contributed by atoms with van der Waals surface area (Å²) in [4.78, 5) is 4.20. The SMILES string of the molecule is CCCNc1ccc(S(=O)(=O)NCc2nncn2C)cn1. The molecule has 0 fully saturated rings. The third-order valence-corrected chi connectivity index (χ3v) is 4.21. The first-order valence-electron chi connectivity index (χ1n) is 6.55. The summed E-state index contributed by atoms with van der Waals surface area (Å²) in [5.74, 6) is 1.19. The standard InChI is InChI=1S/C12H18N6O2S/c1-3-6-13-11-5-4-10(7-14-11)21(19,20)16-8-12-17-15-9-18(12)2/h4-5,7,9,16H,3,6,8H2,1-2H3,(H,13,14). The zero-order chi connectivity index (χ0) is 15.3. The molecule has 21 heavy (non-hydrogen) atoms. The molecule has 2 rings (SSSR count). The molecule has 0 unspecified atom stereocenters. The zero-order valence-corrected chi connectivity index (χ0v) is 12.8. The molecule has 0 aliphatic carbocycles. The van der Waals surface area contributed by atoms with Crippen LogP contribution in [0.4, 0.5) is 5.82 Å². The predicted octanol–water partition coefficient (Wildman–Crippen LogP) is 0.510. The van der Waals surface area contributed by atoms with E-state index in [0.717, 1.165) is 13.0 Å². The van der Waals surface area contributed by atoms with Crippen LogP contribution in [0.2, 0.25) is 0 Å². The molecule has 0 radical (unpaired) electrons. The number of aryl methyl sites for hydroxylation is 1. The average molecular weight is 310 g/mol. The topological polar surface area (TPSA) is 102 Å². The van der Waals surface area contributed by atoms with Gasteiger partial charge in [0.15, 0.2) is 0 Å². The molecule has 9 heteroatoms. The molecule has 0 spiro atoms. The van der Waals surface area contributed by atoms with E-state index in [2.05, 4.69) is 25.2 Å². The van der Waals surface area contributed by atoms with E-state index in [0.29, 0.717) is 11.6 Å². The van der Waals surface area contributed by atoms with Crippen LogP contribution in [0, 0.1) is 0 Å². The average Bonchev–Trinajstić information content (AvgIpc) is 2.89. The molecular formula is C12H18N6O2S. The van der Waals surface area contributed by atoms with Crippen molar-refractivity contribution in [3.63, 3.8) is 0 Å². The van der Waals surface area contributed by atoms with Gasteiger partial charge in [-0.05, 0) is 18.6 Å². The lowest BCUT2D eigenvalue weighted by Gasteiger charge is -2.07. The van der Waals surface area contributed by atoms with E-state index in [-0.39, 0.29) is 11.4 Å². The van der Waals surface area contributed by atoms with Gasteiger partial charge in [-0.3, -0.25) is 0 Å². The molecule has 114 valence electrons. The molecule has 2 aromatic rings. The quantitative estimate of drug-likeness (QED) is 0.772. The number of aromatic nitrogens is 4. The van der Waals surface area contributed by atoms with Crippen LogP contribution in [-0.4, -0.2) is 34.7 Å². The molecule has 2 aromatic heterocycles. The fourth-order valence-electron chi connectivity index (χ4n) is 1.61. The van der Waals surface area contributed by atoms with Gasteiger partial charge in [0, 0.05) is 19.8 Å². The van der Waals surface area contributed by atoms with Gasteiger partial charge in [-0.15, -0.1) is 10.2 Å². The largest absolute Gasteiger partial charge is 0.370 e. The normalized spacial score (nSPS) is 11.5. The van der Waals surface area contributed by atoms with Crippen LogP contribution in [0.15, 0.2) is 29.6 Å². The number of rotatable bonds is 7. The Morgan fingerprint density at radius 3 is 2.71 bits per heavy atom. The third kappa shape index (κ3) is 3.99. The van der Waals surface area contributed by atoms with Crippen molar-refractivity contribution in [2.24, 2.45) is 7.05 Å². The maximum absolute atomic E-state index is 12.1. The number of anilines is 1. The Morgan fingerprint density at radius 2 is 2.14 bits per heavy atom. The first-order valence-corrected chi connectivity index (χ1v) is 8.03. The highest BCUT2D eigenvalue weighted by Gasteiger charge is 2.15. The second kappa shape index (κ2) is 6.64. The molecule has 0 amide bonds. The van der Waals surface area contributed by atoms with E-state index in [1.54, 1.807) is 17.7 Å². The predicted molar refractivity (Wildman–Crippen MR) is 78.0 cm³/mol. The molecule has 0 saturated heterocycles. The molecule has 2 N–H and O–H groups in total. The monoisotopic (exact) mass is 310 g/mol. The lowest BCUT2D eigenvalue weighted by atomic mass is 10.4. The van der Waals surface area contributed by atoms with E-state index in [1.165, 1.54) is 18.6 Å². The highest BCUT2D eigenvalue weighted by molar-refractivity contribution is 7.89. The van der Waals surface area contributed by atoms with Crippen LogP contribution in [0.25, 0.3) is 0 Å². The van der Waals surface area contributed by atoms with Crippen LogP contribution < -0.4 is 10.0 Å². The van der Waals surface area contributed by atoms with Crippen molar-refractivity contribution in [2.75, 3.05) is 11.9 Å². The first-order chi connectivity index (χ1) is 10.0. The minimum Gasteiger partial charge on any atom is -0.370 e. The number of nitrogens with zero attached hydrogens (tertiary/aromatic N) is 4. The van der Waals surface area contributed by atoms with Gasteiger partial charge in [-0.25, -0.2) is 18.1 Å². The maximum atomic E-state index is 12.1. The summed E-state index contributed by atoms with van der Waals surface area (Å²) in [6, 6.07) is 3.16. The van der Waals surface area contributed by atoms with Gasteiger partial charge in [-0.1, -0.05) is 6.92 Å². The Labute approximate surface area is 123 Å². The summed E-state index contributed by atoms with van der Waals surface area (Å²) < 4.78 is 28.4. The maximum Gasteiger partial charge on any atom is 0.242 e. The molecule has 0 bridgehead atoms. The van der Waals surface area contributed by atoms with Crippen molar-refractivity contribution in [1.29, 1.82) is 0 Å². The Morgan fingerprint density at radius 1 is 1.33 bits per heavy atom. The van der Waals surface area contributed by atoms with Gasteiger partial charge < -0.3 is 9.88 Å². The second-order valence-electron chi connectivity index (χ2n) is 4.49. The van der Waals surface area contributed by atoms with Crippen molar-refractivity contribution in [3.05, 3.63) is 30.5 Å². The van der Waals surface area contributed by atoms with E-state index < -0.39 is 10.0 Å². The number of nitrogens with one attached hydrogen (secondary N) is 2. The fraction of sp³-hybridized carbons (Fsp3) is 0.417. The lowest BCUT2D eigenvalue weighted by molar-refractivity contribution is 0.577. The van der Waals surface area contributed by atoms with E-state index >= 15 is 0 Å². The van der Waals surface area contributed by atoms with Gasteiger partial charge in [-0.2, -0.15) is 0 Å². The molecule has 2 heterocycles. The molecule has 8 nitrogen and oxygen atoms in total. The van der Waals surface area contributed by atoms with E-state index in [9.17, 15) is 8.42 Å². The molecule has 0 aromatic carbocycles. The Balaban J connectivity index is 2.03. The van der Waals surface area contributed by atoms with Gasteiger partial charge in [0.25, 0.3) is 0 Å². The summed E-state index contributed by atoms with van der Waals surface area (Å²) in [6.45, 7) is 2.92. The molecular weight excluding hydrogens is 292 g/mol. The zero-order valence-electron chi connectivity index (χ0n) is 11.9. The summed E-state index contributed by atoms with van der Waals surface area (Å²) >= 11 is 0. The smallest absolute Gasteiger partial charge is 0.242 e. The minimum atomic E-state index is -3.61. The van der Waals surface area contributed by atoms with Crippen molar-refractivity contribution in [2.45, 2.75) is 24.8 Å².